The third kappa shape index (κ3) is 9.00. The molecule has 2 aromatic carbocycles. The molecule has 14 heteroatoms. The highest BCUT2D eigenvalue weighted by atomic mass is 16.5. The standard InChI is InChI=1S/C44H53N3O11/c1-25-11-9-14-31(48)13-8-6-7-12-28-18-34(49)40(41(52)39(28)44(54)58-25)32(29-19-35(55-3)42(57-5)36(20-29)56-4)21-37(50)45-26(2)43(53)46-22-27-17-30(24-46)33-15-10-16-38(51)47(33)23-27/h7,10,12,15-16,18-20,25-27,30,32,49,52H,6,8-9,11,13-14,17,21-24H2,1-5H3,(H,45,50)/b12-7+/t25-,26-,27+,30-,32?/m0/s1. The molecule has 1 unspecified atom stereocenters. The summed E-state index contributed by atoms with van der Waals surface area (Å²) >= 11 is 0. The number of carbonyl (C=O) groups is 4. The lowest BCUT2D eigenvalue weighted by Gasteiger charge is -2.43. The number of amides is 2. The largest absolute Gasteiger partial charge is 0.507 e. The lowest BCUT2D eigenvalue weighted by Crippen LogP contribution is -2.54. The predicted octanol–water partition coefficient (Wildman–Crippen LogP) is 5.44. The average molecular weight is 800 g/mol. The van der Waals surface area contributed by atoms with Crippen LogP contribution in [-0.4, -0.2) is 89.8 Å². The summed E-state index contributed by atoms with van der Waals surface area (Å²) < 4.78 is 24.3. The Hall–Kier alpha value is -5.79. The van der Waals surface area contributed by atoms with Crippen molar-refractivity contribution in [1.29, 1.82) is 0 Å². The van der Waals surface area contributed by atoms with Crippen molar-refractivity contribution in [2.75, 3.05) is 34.4 Å². The van der Waals surface area contributed by atoms with Crippen LogP contribution in [0.15, 0.2) is 47.3 Å². The van der Waals surface area contributed by atoms with Gasteiger partial charge in [-0.25, -0.2) is 4.79 Å². The van der Waals surface area contributed by atoms with Crippen LogP contribution in [0.2, 0.25) is 0 Å². The van der Waals surface area contributed by atoms with Crippen LogP contribution >= 0.6 is 0 Å². The molecule has 310 valence electrons. The fraction of sp³-hybridized carbons (Fsp3) is 0.477. The molecule has 1 saturated heterocycles. The molecular weight excluding hydrogens is 746 g/mol. The number of hydrogen-bond acceptors (Lipinski definition) is 11. The van der Waals surface area contributed by atoms with Crippen molar-refractivity contribution in [1.82, 2.24) is 14.8 Å². The number of rotatable bonds is 9. The number of carbonyl (C=O) groups excluding carboxylic acids is 4. The lowest BCUT2D eigenvalue weighted by atomic mass is 9.83. The van der Waals surface area contributed by atoms with E-state index in [0.717, 1.165) is 12.1 Å². The molecule has 3 aliphatic rings. The Balaban J connectivity index is 1.34. The van der Waals surface area contributed by atoms with Gasteiger partial charge < -0.3 is 43.9 Å². The van der Waals surface area contributed by atoms with Crippen molar-refractivity contribution in [2.45, 2.75) is 95.7 Å². The number of piperidine rings is 1. The normalized spacial score (nSPS) is 21.3. The van der Waals surface area contributed by atoms with Crippen molar-refractivity contribution in [3.05, 3.63) is 80.8 Å². The molecule has 5 atom stereocenters. The quantitative estimate of drug-likeness (QED) is 0.235. The topological polar surface area (TPSA) is 183 Å². The Morgan fingerprint density at radius 3 is 2.40 bits per heavy atom. The van der Waals surface area contributed by atoms with E-state index in [1.165, 1.54) is 27.4 Å². The zero-order valence-corrected chi connectivity index (χ0v) is 33.7. The van der Waals surface area contributed by atoms with Crippen molar-refractivity contribution >= 4 is 29.6 Å². The Morgan fingerprint density at radius 1 is 0.966 bits per heavy atom. The van der Waals surface area contributed by atoms with E-state index in [1.54, 1.807) is 59.7 Å². The van der Waals surface area contributed by atoms with Gasteiger partial charge in [0.05, 0.1) is 27.4 Å². The zero-order chi connectivity index (χ0) is 41.7. The molecule has 1 fully saturated rings. The minimum absolute atomic E-state index is 0.00807. The number of nitrogens with zero attached hydrogens (tertiary/aromatic N) is 2. The second-order valence-electron chi connectivity index (χ2n) is 15.5. The van der Waals surface area contributed by atoms with Gasteiger partial charge >= 0.3 is 5.97 Å². The molecule has 4 heterocycles. The number of pyridine rings is 1. The molecule has 3 aliphatic heterocycles. The number of nitrogens with one attached hydrogen (secondary N) is 1. The van der Waals surface area contributed by atoms with E-state index in [2.05, 4.69) is 5.32 Å². The van der Waals surface area contributed by atoms with Crippen LogP contribution in [0.3, 0.4) is 0 Å². The molecule has 0 saturated carbocycles. The van der Waals surface area contributed by atoms with Gasteiger partial charge in [0.15, 0.2) is 11.5 Å². The van der Waals surface area contributed by atoms with Gasteiger partial charge in [-0.15, -0.1) is 0 Å². The van der Waals surface area contributed by atoms with Gasteiger partial charge in [-0.3, -0.25) is 19.2 Å². The fourth-order valence-corrected chi connectivity index (χ4v) is 8.61. The molecule has 14 nitrogen and oxygen atoms in total. The third-order valence-electron chi connectivity index (χ3n) is 11.4. The van der Waals surface area contributed by atoms with Gasteiger partial charge in [-0.1, -0.05) is 18.2 Å². The van der Waals surface area contributed by atoms with Gasteiger partial charge in [0.2, 0.25) is 17.6 Å². The lowest BCUT2D eigenvalue weighted by molar-refractivity contribution is -0.138. The molecule has 58 heavy (non-hydrogen) atoms. The Kier molecular flexibility index (Phi) is 13.1. The molecule has 0 radical (unpaired) electrons. The fourth-order valence-electron chi connectivity index (χ4n) is 8.61. The number of phenolic OH excluding ortho intramolecular Hbond substituents is 2. The second kappa shape index (κ2) is 18.2. The van der Waals surface area contributed by atoms with E-state index >= 15 is 0 Å². The summed E-state index contributed by atoms with van der Waals surface area (Å²) in [5.74, 6) is -2.76. The summed E-state index contributed by atoms with van der Waals surface area (Å²) in [7, 11) is 4.31. The molecule has 1 aromatic heterocycles. The van der Waals surface area contributed by atoms with Crippen LogP contribution in [0.4, 0.5) is 0 Å². The summed E-state index contributed by atoms with van der Waals surface area (Å²) in [5, 5.41) is 26.6. The molecular formula is C44H53N3O11. The number of fused-ring (bicyclic) bond motifs is 5. The Labute approximate surface area is 337 Å². The monoisotopic (exact) mass is 799 g/mol. The highest BCUT2D eigenvalue weighted by Gasteiger charge is 2.38. The van der Waals surface area contributed by atoms with Crippen LogP contribution < -0.4 is 25.1 Å². The number of ketones is 1. The number of benzene rings is 2. The number of methoxy groups -OCH3 is 3. The number of aromatic hydroxyl groups is 2. The highest BCUT2D eigenvalue weighted by molar-refractivity contribution is 5.98. The summed E-state index contributed by atoms with van der Waals surface area (Å²) in [4.78, 5) is 68.4. The first kappa shape index (κ1) is 41.8. The van der Waals surface area contributed by atoms with Crippen LogP contribution in [-0.2, 0) is 25.7 Å². The van der Waals surface area contributed by atoms with Crippen molar-refractivity contribution in [3.8, 4) is 28.7 Å². The Bertz CT molecular complexity index is 2120. The average Bonchev–Trinajstić information content (AvgIpc) is 3.19. The number of esters is 1. The third-order valence-corrected chi connectivity index (χ3v) is 11.4. The van der Waals surface area contributed by atoms with Crippen LogP contribution in [0.5, 0.6) is 28.7 Å². The van der Waals surface area contributed by atoms with Crippen molar-refractivity contribution in [2.24, 2.45) is 5.92 Å². The molecule has 6 rings (SSSR count). The number of allylic oxidation sites excluding steroid dienone is 1. The SMILES string of the molecule is COc1cc(C(CC(=O)N[C@@H](C)C(=O)N2C[C@H]3C[C@@H](C2)c2cccc(=O)n2C3)c2c(O)cc3c(c2O)C(=O)O[C@@H](C)CCCC(=O)CCC/C=C/3)cc(OC)c1OC. The predicted molar refractivity (Wildman–Crippen MR) is 215 cm³/mol. The number of likely N-dealkylation sites (tertiary alicyclic amines) is 1. The Morgan fingerprint density at radius 2 is 1.69 bits per heavy atom. The number of ether oxygens (including phenoxy) is 4. The first-order valence-electron chi connectivity index (χ1n) is 19.9. The number of phenols is 2. The van der Waals surface area contributed by atoms with E-state index < -0.39 is 41.4 Å². The van der Waals surface area contributed by atoms with Gasteiger partial charge in [0, 0.05) is 68.1 Å². The summed E-state index contributed by atoms with van der Waals surface area (Å²) in [5.41, 5.74) is 1.10. The van der Waals surface area contributed by atoms with E-state index in [1.807, 2.05) is 6.07 Å². The van der Waals surface area contributed by atoms with Gasteiger partial charge in [-0.2, -0.15) is 0 Å². The van der Waals surface area contributed by atoms with E-state index in [4.69, 9.17) is 18.9 Å². The van der Waals surface area contributed by atoms with Crippen LogP contribution in [0.1, 0.15) is 110 Å². The molecule has 3 aromatic rings. The van der Waals surface area contributed by atoms with Crippen LogP contribution in [0, 0.1) is 5.92 Å². The zero-order valence-electron chi connectivity index (χ0n) is 33.7. The van der Waals surface area contributed by atoms with E-state index in [-0.39, 0.29) is 69.4 Å². The summed E-state index contributed by atoms with van der Waals surface area (Å²) in [6, 6.07) is 8.80. The van der Waals surface area contributed by atoms with Crippen LogP contribution in [0.25, 0.3) is 6.08 Å². The van der Waals surface area contributed by atoms with E-state index in [0.29, 0.717) is 63.7 Å². The molecule has 0 spiro atoms. The number of cyclic esters (lactones) is 1. The highest BCUT2D eigenvalue weighted by Crippen LogP contribution is 2.48. The maximum atomic E-state index is 14.1. The summed E-state index contributed by atoms with van der Waals surface area (Å²) in [6.07, 6.45) is 6.17. The minimum Gasteiger partial charge on any atom is -0.507 e. The molecule has 2 bridgehead atoms. The maximum Gasteiger partial charge on any atom is 0.342 e. The summed E-state index contributed by atoms with van der Waals surface area (Å²) in [6.45, 7) is 4.69. The van der Waals surface area contributed by atoms with Gasteiger partial charge in [0.1, 0.15) is 28.9 Å². The first-order chi connectivity index (χ1) is 27.8. The number of hydrogen-bond donors (Lipinski definition) is 3. The minimum atomic E-state index is -1.11. The second-order valence-corrected chi connectivity index (χ2v) is 15.5. The molecule has 0 aliphatic carbocycles. The smallest absolute Gasteiger partial charge is 0.342 e. The maximum absolute atomic E-state index is 14.1. The van der Waals surface area contributed by atoms with Crippen molar-refractivity contribution < 1.29 is 48.3 Å². The number of Topliss-reactive ketones (excluding diaryl/α,β-unsaturated/α-hetero) is 1. The van der Waals surface area contributed by atoms with E-state index in [9.17, 15) is 34.2 Å². The van der Waals surface area contributed by atoms with Crippen molar-refractivity contribution in [3.63, 3.8) is 0 Å². The van der Waals surface area contributed by atoms with Gasteiger partial charge in [0.25, 0.3) is 5.56 Å². The first-order valence-corrected chi connectivity index (χ1v) is 19.9. The molecule has 2 amide bonds. The number of aromatic nitrogens is 1. The van der Waals surface area contributed by atoms with Gasteiger partial charge in [-0.05, 0) is 87.3 Å². The molecule has 3 N–H and O–H groups in total.